The molecule has 0 bridgehead atoms. The number of hydrogen-bond acceptors (Lipinski definition) is 5. The van der Waals surface area contributed by atoms with Crippen molar-refractivity contribution in [2.75, 3.05) is 37.9 Å². The number of hydrogen-bond donors (Lipinski definition) is 0. The van der Waals surface area contributed by atoms with Crippen LogP contribution in [0.15, 0.2) is 12.3 Å². The van der Waals surface area contributed by atoms with Crippen molar-refractivity contribution < 1.29 is 18.7 Å². The van der Waals surface area contributed by atoms with E-state index in [4.69, 9.17) is 21.1 Å². The average Bonchev–Trinajstić information content (AvgIpc) is 2.54. The largest absolute Gasteiger partial charge is 0.465 e. The van der Waals surface area contributed by atoms with E-state index in [0.717, 1.165) is 5.69 Å². The molecule has 120 valence electrons. The quantitative estimate of drug-likeness (QED) is 0.795. The Balaban J connectivity index is 2.08. The minimum atomic E-state index is -1.27. The zero-order chi connectivity index (χ0) is 15.7. The summed E-state index contributed by atoms with van der Waals surface area (Å²) in [7, 11) is 0. The number of pyridine rings is 1. The van der Waals surface area contributed by atoms with E-state index in [1.54, 1.807) is 6.92 Å². The Labute approximate surface area is 133 Å². The molecule has 7 heteroatoms. The standard InChI is InChI=1S/C15H18ClFN2O3/c1-2-22-14(20)15(9-17)6-11-12(5-10(16)7-18-11)19-3-4-21-8-13(15)19/h5,7,13H,2-4,6,8-9H2,1H3. The van der Waals surface area contributed by atoms with Gasteiger partial charge in [0, 0.05) is 19.2 Å². The maximum Gasteiger partial charge on any atom is 0.317 e. The molecule has 0 spiro atoms. The van der Waals surface area contributed by atoms with Gasteiger partial charge in [0.1, 0.15) is 12.1 Å². The first-order valence-corrected chi connectivity index (χ1v) is 7.72. The first-order chi connectivity index (χ1) is 10.6. The van der Waals surface area contributed by atoms with Crippen molar-refractivity contribution in [2.45, 2.75) is 19.4 Å². The molecule has 0 radical (unpaired) electrons. The highest BCUT2D eigenvalue weighted by molar-refractivity contribution is 6.30. The van der Waals surface area contributed by atoms with Crippen LogP contribution in [0, 0.1) is 5.41 Å². The third kappa shape index (κ3) is 2.34. The Morgan fingerprint density at radius 2 is 2.50 bits per heavy atom. The Hall–Kier alpha value is -1.40. The number of alkyl halides is 1. The summed E-state index contributed by atoms with van der Waals surface area (Å²) in [5.41, 5.74) is 0.256. The predicted molar refractivity (Wildman–Crippen MR) is 79.9 cm³/mol. The Kier molecular flexibility index (Phi) is 4.23. The molecule has 3 rings (SSSR count). The van der Waals surface area contributed by atoms with Gasteiger partial charge in [-0.3, -0.25) is 9.78 Å². The lowest BCUT2D eigenvalue weighted by Gasteiger charge is -2.50. The molecule has 1 aromatic heterocycles. The number of halogens is 2. The molecule has 0 N–H and O–H groups in total. The van der Waals surface area contributed by atoms with Crippen LogP contribution in [0.25, 0.3) is 0 Å². The summed E-state index contributed by atoms with van der Waals surface area (Å²) in [6.07, 6.45) is 1.72. The number of aromatic nitrogens is 1. The van der Waals surface area contributed by atoms with Crippen LogP contribution < -0.4 is 4.90 Å². The van der Waals surface area contributed by atoms with Crippen molar-refractivity contribution in [3.8, 4) is 0 Å². The van der Waals surface area contributed by atoms with Gasteiger partial charge in [-0.05, 0) is 13.0 Å². The van der Waals surface area contributed by atoms with Crippen LogP contribution in [0.4, 0.5) is 10.1 Å². The topological polar surface area (TPSA) is 51.7 Å². The smallest absolute Gasteiger partial charge is 0.317 e. The summed E-state index contributed by atoms with van der Waals surface area (Å²) in [5, 5.41) is 0.521. The zero-order valence-electron chi connectivity index (χ0n) is 12.3. The van der Waals surface area contributed by atoms with E-state index in [9.17, 15) is 9.18 Å². The molecule has 22 heavy (non-hydrogen) atoms. The van der Waals surface area contributed by atoms with Gasteiger partial charge in [0.2, 0.25) is 0 Å². The normalized spacial score (nSPS) is 27.0. The lowest BCUT2D eigenvalue weighted by atomic mass is 9.73. The van der Waals surface area contributed by atoms with E-state index >= 15 is 0 Å². The molecular formula is C15H18ClFN2O3. The summed E-state index contributed by atoms with van der Waals surface area (Å²) in [5.74, 6) is -0.527. The van der Waals surface area contributed by atoms with Crippen LogP contribution in [-0.2, 0) is 20.7 Å². The highest BCUT2D eigenvalue weighted by Gasteiger charge is 2.54. The summed E-state index contributed by atoms with van der Waals surface area (Å²) in [4.78, 5) is 18.8. The average molecular weight is 329 g/mol. The van der Waals surface area contributed by atoms with Crippen molar-refractivity contribution in [3.05, 3.63) is 23.0 Å². The minimum absolute atomic E-state index is 0.194. The maximum absolute atomic E-state index is 14.0. The molecule has 1 aromatic rings. The first-order valence-electron chi connectivity index (χ1n) is 7.34. The monoisotopic (exact) mass is 328 g/mol. The van der Waals surface area contributed by atoms with Crippen molar-refractivity contribution in [1.82, 2.24) is 4.98 Å². The molecule has 3 heterocycles. The second kappa shape index (κ2) is 6.01. The van der Waals surface area contributed by atoms with Gasteiger partial charge >= 0.3 is 5.97 Å². The van der Waals surface area contributed by atoms with Crippen LogP contribution in [0.5, 0.6) is 0 Å². The Bertz CT molecular complexity index is 586. The molecular weight excluding hydrogens is 311 g/mol. The fourth-order valence-corrected chi connectivity index (χ4v) is 3.43. The number of fused-ring (bicyclic) bond motifs is 3. The summed E-state index contributed by atoms with van der Waals surface area (Å²) < 4.78 is 24.7. The SMILES string of the molecule is CCOC(=O)C1(CF)Cc2ncc(Cl)cc2N2CCOCC21. The lowest BCUT2D eigenvalue weighted by molar-refractivity contribution is -0.160. The zero-order valence-corrected chi connectivity index (χ0v) is 13.1. The van der Waals surface area contributed by atoms with E-state index in [-0.39, 0.29) is 19.6 Å². The number of morpholine rings is 1. The van der Waals surface area contributed by atoms with Gasteiger partial charge in [0.15, 0.2) is 0 Å². The van der Waals surface area contributed by atoms with E-state index in [2.05, 4.69) is 4.98 Å². The molecule has 2 aliphatic heterocycles. The van der Waals surface area contributed by atoms with Crippen LogP contribution in [0.2, 0.25) is 5.02 Å². The van der Waals surface area contributed by atoms with E-state index < -0.39 is 24.1 Å². The van der Waals surface area contributed by atoms with Gasteiger partial charge in [0.05, 0.1) is 42.3 Å². The molecule has 0 aliphatic carbocycles. The molecule has 0 aromatic carbocycles. The molecule has 1 saturated heterocycles. The fourth-order valence-electron chi connectivity index (χ4n) is 3.28. The maximum atomic E-state index is 14.0. The first kappa shape index (κ1) is 15.5. The Morgan fingerprint density at radius 1 is 1.68 bits per heavy atom. The lowest BCUT2D eigenvalue weighted by Crippen LogP contribution is -2.63. The third-order valence-corrected chi connectivity index (χ3v) is 4.60. The third-order valence-electron chi connectivity index (χ3n) is 4.39. The predicted octanol–water partition coefficient (Wildman–Crippen LogP) is 2.02. The van der Waals surface area contributed by atoms with Gasteiger partial charge in [-0.2, -0.15) is 0 Å². The molecule has 2 unspecified atom stereocenters. The number of ether oxygens (including phenoxy) is 2. The number of rotatable bonds is 3. The minimum Gasteiger partial charge on any atom is -0.465 e. The molecule has 2 atom stereocenters. The van der Waals surface area contributed by atoms with E-state index in [1.165, 1.54) is 6.20 Å². The fraction of sp³-hybridized carbons (Fsp3) is 0.600. The van der Waals surface area contributed by atoms with Gasteiger partial charge in [-0.25, -0.2) is 4.39 Å². The molecule has 1 fully saturated rings. The number of carbonyl (C=O) groups excluding carboxylic acids is 1. The van der Waals surface area contributed by atoms with E-state index in [1.807, 2.05) is 11.0 Å². The summed E-state index contributed by atoms with van der Waals surface area (Å²) >= 11 is 6.04. The van der Waals surface area contributed by atoms with Crippen LogP contribution in [0.1, 0.15) is 12.6 Å². The van der Waals surface area contributed by atoms with Crippen LogP contribution in [0.3, 0.4) is 0 Å². The molecule has 0 amide bonds. The van der Waals surface area contributed by atoms with Crippen molar-refractivity contribution in [1.29, 1.82) is 0 Å². The number of carbonyl (C=O) groups is 1. The Morgan fingerprint density at radius 3 is 3.23 bits per heavy atom. The van der Waals surface area contributed by atoms with Gasteiger partial charge in [-0.1, -0.05) is 11.6 Å². The van der Waals surface area contributed by atoms with Crippen molar-refractivity contribution >= 4 is 23.3 Å². The second-order valence-electron chi connectivity index (χ2n) is 5.59. The molecule has 2 aliphatic rings. The number of anilines is 1. The van der Waals surface area contributed by atoms with Crippen LogP contribution in [-0.4, -0.2) is 50.0 Å². The van der Waals surface area contributed by atoms with Gasteiger partial charge < -0.3 is 14.4 Å². The number of esters is 1. The summed E-state index contributed by atoms with van der Waals surface area (Å²) in [6, 6.07) is 1.41. The second-order valence-corrected chi connectivity index (χ2v) is 6.03. The summed E-state index contributed by atoms with van der Waals surface area (Å²) in [6.45, 7) is 2.51. The molecule has 0 saturated carbocycles. The van der Waals surface area contributed by atoms with Crippen LogP contribution >= 0.6 is 11.6 Å². The van der Waals surface area contributed by atoms with Gasteiger partial charge in [-0.15, -0.1) is 0 Å². The highest BCUT2D eigenvalue weighted by atomic mass is 35.5. The number of nitrogens with zero attached hydrogens (tertiary/aromatic N) is 2. The van der Waals surface area contributed by atoms with Crippen molar-refractivity contribution in [2.24, 2.45) is 5.41 Å². The van der Waals surface area contributed by atoms with E-state index in [0.29, 0.717) is 23.9 Å². The van der Waals surface area contributed by atoms with Crippen molar-refractivity contribution in [3.63, 3.8) is 0 Å². The van der Waals surface area contributed by atoms with Gasteiger partial charge in [0.25, 0.3) is 0 Å². The molecule has 5 nitrogen and oxygen atoms in total. The highest BCUT2D eigenvalue weighted by Crippen LogP contribution is 2.43.